The first-order valence-electron chi connectivity index (χ1n) is 9.20. The Morgan fingerprint density at radius 3 is 2.89 bits per heavy atom. The van der Waals surface area contributed by atoms with Gasteiger partial charge >= 0.3 is 0 Å². The van der Waals surface area contributed by atoms with Crippen molar-refractivity contribution < 1.29 is 9.84 Å². The molecule has 0 radical (unpaired) electrons. The number of aromatic nitrogens is 4. The van der Waals surface area contributed by atoms with E-state index < -0.39 is 0 Å². The van der Waals surface area contributed by atoms with Crippen molar-refractivity contribution in [2.75, 3.05) is 13.6 Å². The average Bonchev–Trinajstić information content (AvgIpc) is 3.35. The smallest absolute Gasteiger partial charge is 0.294 e. The van der Waals surface area contributed by atoms with Crippen LogP contribution >= 0.6 is 11.3 Å². The van der Waals surface area contributed by atoms with Crippen molar-refractivity contribution in [3.05, 3.63) is 30.6 Å². The zero-order valence-electron chi connectivity index (χ0n) is 15.0. The van der Waals surface area contributed by atoms with E-state index in [1.165, 1.54) is 24.2 Å². The molecule has 2 bridgehead atoms. The minimum absolute atomic E-state index is 0.176. The van der Waals surface area contributed by atoms with Gasteiger partial charge in [-0.05, 0) is 37.6 Å². The summed E-state index contributed by atoms with van der Waals surface area (Å²) in [5, 5.41) is 26.9. The number of fused-ring (bicyclic) bond motifs is 3. The molecule has 7 nitrogen and oxygen atoms in total. The highest BCUT2D eigenvalue weighted by Crippen LogP contribution is 2.40. The van der Waals surface area contributed by atoms with Crippen LogP contribution in [-0.4, -0.2) is 56.1 Å². The minimum atomic E-state index is 0.176. The number of phenols is 1. The fourth-order valence-electron chi connectivity index (χ4n) is 4.24. The van der Waals surface area contributed by atoms with Crippen LogP contribution in [0, 0.1) is 5.92 Å². The second-order valence-electron chi connectivity index (χ2n) is 7.41. The minimum Gasteiger partial charge on any atom is -0.507 e. The van der Waals surface area contributed by atoms with Gasteiger partial charge in [0.05, 0.1) is 11.8 Å². The van der Waals surface area contributed by atoms with Gasteiger partial charge in [0.1, 0.15) is 11.9 Å². The fourth-order valence-corrected chi connectivity index (χ4v) is 5.02. The number of benzene rings is 1. The Labute approximate surface area is 161 Å². The third-order valence-electron chi connectivity index (χ3n) is 5.77. The lowest BCUT2D eigenvalue weighted by Gasteiger charge is -2.47. The zero-order valence-corrected chi connectivity index (χ0v) is 15.8. The second kappa shape index (κ2) is 6.61. The first-order chi connectivity index (χ1) is 13.2. The number of aromatic hydroxyl groups is 1. The molecular weight excluding hydrogens is 362 g/mol. The number of ether oxygens (including phenoxy) is 1. The lowest BCUT2D eigenvalue weighted by Crippen LogP contribution is -2.53. The van der Waals surface area contributed by atoms with Gasteiger partial charge in [-0.15, -0.1) is 5.10 Å². The Bertz CT molecular complexity index is 941. The van der Waals surface area contributed by atoms with Crippen LogP contribution in [0.1, 0.15) is 19.3 Å². The fraction of sp³-hybridized carbons (Fsp3) is 0.421. The third-order valence-corrected chi connectivity index (χ3v) is 6.61. The van der Waals surface area contributed by atoms with Gasteiger partial charge in [0, 0.05) is 36.7 Å². The van der Waals surface area contributed by atoms with Crippen molar-refractivity contribution in [2.45, 2.75) is 31.4 Å². The maximum atomic E-state index is 10.5. The number of piperidine rings is 2. The summed E-state index contributed by atoms with van der Waals surface area (Å²) in [6.45, 7) is 1.09. The molecule has 3 aromatic rings. The van der Waals surface area contributed by atoms with E-state index in [1.807, 2.05) is 12.1 Å². The van der Waals surface area contributed by atoms with Crippen LogP contribution in [0.25, 0.3) is 21.7 Å². The molecule has 0 amide bonds. The largest absolute Gasteiger partial charge is 0.507 e. The molecule has 2 aromatic heterocycles. The number of hydrogen-bond donors (Lipinski definition) is 2. The van der Waals surface area contributed by atoms with Crippen LogP contribution in [0.2, 0.25) is 0 Å². The summed E-state index contributed by atoms with van der Waals surface area (Å²) in [5.41, 5.74) is 2.49. The molecule has 1 aliphatic carbocycles. The second-order valence-corrected chi connectivity index (χ2v) is 8.35. The lowest BCUT2D eigenvalue weighted by atomic mass is 9.78. The lowest BCUT2D eigenvalue weighted by molar-refractivity contribution is -0.0249. The van der Waals surface area contributed by atoms with Crippen molar-refractivity contribution in [1.82, 2.24) is 25.3 Å². The number of nitrogens with zero attached hydrogens (tertiary/aromatic N) is 4. The van der Waals surface area contributed by atoms with Crippen LogP contribution in [-0.2, 0) is 0 Å². The summed E-state index contributed by atoms with van der Waals surface area (Å²) < 4.78 is 6.19. The highest BCUT2D eigenvalue weighted by atomic mass is 32.1. The molecule has 1 saturated carbocycles. The van der Waals surface area contributed by atoms with E-state index in [0.717, 1.165) is 24.1 Å². The van der Waals surface area contributed by atoms with Gasteiger partial charge in [-0.2, -0.15) is 5.10 Å². The molecule has 6 rings (SSSR count). The third kappa shape index (κ3) is 3.08. The number of H-pyrrole nitrogens is 1. The van der Waals surface area contributed by atoms with E-state index in [4.69, 9.17) is 4.74 Å². The normalized spacial score (nSPS) is 25.0. The Kier molecular flexibility index (Phi) is 4.09. The molecule has 140 valence electrons. The average molecular weight is 383 g/mol. The van der Waals surface area contributed by atoms with Crippen LogP contribution in [0.15, 0.2) is 30.6 Å². The van der Waals surface area contributed by atoms with E-state index in [0.29, 0.717) is 27.7 Å². The summed E-state index contributed by atoms with van der Waals surface area (Å²) in [4.78, 5) is 2.44. The molecule has 8 heteroatoms. The van der Waals surface area contributed by atoms with E-state index in [1.54, 1.807) is 18.5 Å². The van der Waals surface area contributed by atoms with Crippen molar-refractivity contribution in [3.8, 4) is 32.6 Å². The molecular formula is C19H21N5O2S. The monoisotopic (exact) mass is 383 g/mol. The maximum absolute atomic E-state index is 10.5. The van der Waals surface area contributed by atoms with Gasteiger partial charge in [-0.1, -0.05) is 22.5 Å². The van der Waals surface area contributed by atoms with Gasteiger partial charge in [-0.3, -0.25) is 5.10 Å². The van der Waals surface area contributed by atoms with E-state index in [2.05, 4.69) is 32.3 Å². The Balaban J connectivity index is 1.34. The van der Waals surface area contributed by atoms with Crippen LogP contribution in [0.4, 0.5) is 0 Å². The zero-order chi connectivity index (χ0) is 18.4. The van der Waals surface area contributed by atoms with Gasteiger partial charge in [0.25, 0.3) is 5.19 Å². The SMILES string of the molecule is CN1CC2CCC1C[C@@H]2Oc1nnc(-c2ccc(-c3cn[nH]c3)cc2O)s1. The van der Waals surface area contributed by atoms with Gasteiger partial charge in [0.15, 0.2) is 5.01 Å². The van der Waals surface area contributed by atoms with E-state index in [-0.39, 0.29) is 11.9 Å². The summed E-state index contributed by atoms with van der Waals surface area (Å²) in [7, 11) is 2.20. The topological polar surface area (TPSA) is 87.2 Å². The Morgan fingerprint density at radius 2 is 2.19 bits per heavy atom. The van der Waals surface area contributed by atoms with Crippen LogP contribution < -0.4 is 4.74 Å². The number of phenolic OH excluding ortho intramolecular Hbond substituents is 1. The van der Waals surface area contributed by atoms with Crippen molar-refractivity contribution >= 4 is 11.3 Å². The van der Waals surface area contributed by atoms with Crippen molar-refractivity contribution in [1.29, 1.82) is 0 Å². The van der Waals surface area contributed by atoms with Crippen molar-refractivity contribution in [3.63, 3.8) is 0 Å². The number of rotatable bonds is 4. The molecule has 2 unspecified atom stereocenters. The Hall–Kier alpha value is -2.45. The van der Waals surface area contributed by atoms with Gasteiger partial charge in [0.2, 0.25) is 0 Å². The van der Waals surface area contributed by atoms with Gasteiger partial charge in [-0.25, -0.2) is 0 Å². The number of aromatic amines is 1. The molecule has 3 atom stereocenters. The molecule has 1 aromatic carbocycles. The highest BCUT2D eigenvalue weighted by Gasteiger charge is 2.40. The maximum Gasteiger partial charge on any atom is 0.294 e. The number of nitrogens with one attached hydrogen (secondary N) is 1. The quantitative estimate of drug-likeness (QED) is 0.720. The number of hydrogen-bond acceptors (Lipinski definition) is 7. The first-order valence-corrected chi connectivity index (χ1v) is 10.0. The summed E-state index contributed by atoms with van der Waals surface area (Å²) in [6.07, 6.45) is 7.28. The summed E-state index contributed by atoms with van der Waals surface area (Å²) >= 11 is 1.39. The molecule has 2 saturated heterocycles. The van der Waals surface area contributed by atoms with Crippen LogP contribution in [0.5, 0.6) is 10.9 Å². The van der Waals surface area contributed by atoms with Crippen LogP contribution in [0.3, 0.4) is 0 Å². The first kappa shape index (κ1) is 16.7. The Morgan fingerprint density at radius 1 is 1.26 bits per heavy atom. The molecule has 0 spiro atoms. The molecule has 3 fully saturated rings. The highest BCUT2D eigenvalue weighted by molar-refractivity contribution is 7.16. The molecule has 4 heterocycles. The summed E-state index contributed by atoms with van der Waals surface area (Å²) in [5.74, 6) is 0.741. The predicted octanol–water partition coefficient (Wildman–Crippen LogP) is 3.16. The molecule has 3 aliphatic rings. The predicted molar refractivity (Wildman–Crippen MR) is 103 cm³/mol. The molecule has 2 aliphatic heterocycles. The van der Waals surface area contributed by atoms with Gasteiger partial charge < -0.3 is 14.7 Å². The molecule has 2 N–H and O–H groups in total. The molecule has 27 heavy (non-hydrogen) atoms. The van der Waals surface area contributed by atoms with E-state index in [9.17, 15) is 5.11 Å². The standard InChI is InChI=1S/C19H21N5O2S/c1-24-10-12-2-4-14(24)7-17(12)26-19-23-22-18(27-19)15-5-3-11(6-16(15)25)13-8-20-21-9-13/h3,5-6,8-9,12,14,17,25H,2,4,7,10H2,1H3,(H,20,21)/t12?,14?,17-/m0/s1. The van der Waals surface area contributed by atoms with Crippen molar-refractivity contribution in [2.24, 2.45) is 5.92 Å². The summed E-state index contributed by atoms with van der Waals surface area (Å²) in [6, 6.07) is 6.14. The van der Waals surface area contributed by atoms with E-state index >= 15 is 0 Å².